The first kappa shape index (κ1) is 14.6. The minimum absolute atomic E-state index is 0.245. The van der Waals surface area contributed by atoms with E-state index in [1.54, 1.807) is 0 Å². The van der Waals surface area contributed by atoms with Crippen LogP contribution in [0, 0.1) is 17.6 Å². The van der Waals surface area contributed by atoms with Gasteiger partial charge in [0, 0.05) is 12.1 Å². The predicted octanol–water partition coefficient (Wildman–Crippen LogP) is 3.47. The van der Waals surface area contributed by atoms with Crippen molar-refractivity contribution in [2.75, 3.05) is 0 Å². The van der Waals surface area contributed by atoms with Gasteiger partial charge in [0.05, 0.1) is 15.7 Å². The van der Waals surface area contributed by atoms with Crippen molar-refractivity contribution < 1.29 is 13.0 Å². The fraction of sp³-hybridized carbons (Fsp3) is 0.571. The third-order valence-corrected chi connectivity index (χ3v) is 4.71. The largest absolute Gasteiger partial charge is 0.242 e. The van der Waals surface area contributed by atoms with Crippen molar-refractivity contribution in [1.82, 2.24) is 4.72 Å². The molecule has 1 aromatic carbocycles. The van der Waals surface area contributed by atoms with Gasteiger partial charge >= 0.3 is 0 Å². The first-order chi connectivity index (χ1) is 8.77. The predicted molar refractivity (Wildman–Crippen MR) is 72.9 cm³/mol. The molecule has 1 saturated carbocycles. The summed E-state index contributed by atoms with van der Waals surface area (Å²) in [6, 6.07) is 3.25. The third kappa shape index (κ3) is 3.83. The summed E-state index contributed by atoms with van der Waals surface area (Å²) in [5.41, 5.74) is 0.539. The Morgan fingerprint density at radius 2 is 1.74 bits per heavy atom. The van der Waals surface area contributed by atoms with Crippen molar-refractivity contribution >= 4 is 11.0 Å². The molecule has 2 atom stereocenters. The second-order valence-corrected chi connectivity index (χ2v) is 8.01. The van der Waals surface area contributed by atoms with Crippen molar-refractivity contribution in [3.8, 4) is 0 Å². The normalized spacial score (nSPS) is 19.2. The SMILES string of the molecule is CC(C)(C)[S@](=O)N[C@@H](c1cc(F)cc(F)c1)C1CC1. The highest BCUT2D eigenvalue weighted by Gasteiger charge is 2.35. The Balaban J connectivity index is 2.23. The monoisotopic (exact) mass is 287 g/mol. The van der Waals surface area contributed by atoms with Gasteiger partial charge in [-0.1, -0.05) is 0 Å². The summed E-state index contributed by atoms with van der Waals surface area (Å²) >= 11 is 0. The molecule has 0 radical (unpaired) electrons. The summed E-state index contributed by atoms with van der Waals surface area (Å²) in [4.78, 5) is 0. The molecule has 0 saturated heterocycles. The van der Waals surface area contributed by atoms with Crippen LogP contribution in [-0.4, -0.2) is 8.96 Å². The fourth-order valence-corrected chi connectivity index (χ4v) is 2.83. The Hall–Kier alpha value is -0.810. The van der Waals surface area contributed by atoms with Crippen LogP contribution < -0.4 is 4.72 Å². The summed E-state index contributed by atoms with van der Waals surface area (Å²) in [6.07, 6.45) is 1.99. The molecular weight excluding hydrogens is 268 g/mol. The molecule has 1 aliphatic rings. The van der Waals surface area contributed by atoms with E-state index in [2.05, 4.69) is 4.72 Å². The van der Waals surface area contributed by atoms with Crippen LogP contribution in [-0.2, 0) is 11.0 Å². The number of halogens is 2. The molecule has 0 spiro atoms. The van der Waals surface area contributed by atoms with Gasteiger partial charge in [0.2, 0.25) is 0 Å². The van der Waals surface area contributed by atoms with Gasteiger partial charge in [-0.05, 0) is 57.2 Å². The Kier molecular flexibility index (Phi) is 4.06. The molecule has 2 rings (SSSR count). The van der Waals surface area contributed by atoms with Crippen LogP contribution in [0.15, 0.2) is 18.2 Å². The van der Waals surface area contributed by atoms with Crippen LogP contribution in [0.4, 0.5) is 8.78 Å². The summed E-state index contributed by atoms with van der Waals surface area (Å²) in [6.45, 7) is 5.60. The van der Waals surface area contributed by atoms with Gasteiger partial charge < -0.3 is 0 Å². The van der Waals surface area contributed by atoms with E-state index in [1.807, 2.05) is 20.8 Å². The molecule has 0 unspecified atom stereocenters. The highest BCUT2D eigenvalue weighted by molar-refractivity contribution is 7.84. The van der Waals surface area contributed by atoms with Crippen LogP contribution >= 0.6 is 0 Å². The molecular formula is C14H19F2NOS. The maximum absolute atomic E-state index is 13.3. The van der Waals surface area contributed by atoms with Gasteiger partial charge in [0.15, 0.2) is 0 Å². The quantitative estimate of drug-likeness (QED) is 0.902. The molecule has 0 aliphatic heterocycles. The van der Waals surface area contributed by atoms with E-state index in [0.717, 1.165) is 18.9 Å². The Bertz CT molecular complexity index is 474. The molecule has 1 fully saturated rings. The Morgan fingerprint density at radius 1 is 1.21 bits per heavy atom. The molecule has 2 nitrogen and oxygen atoms in total. The molecule has 0 bridgehead atoms. The standard InChI is InChI=1S/C14H19F2NOS/c1-14(2,3)19(18)17-13(9-4-5-9)10-6-11(15)8-12(16)7-10/h6-9,13,17H,4-5H2,1-3H3/t13-,19+/m1/s1. The summed E-state index contributed by atoms with van der Waals surface area (Å²) in [5.74, 6) is -0.875. The Morgan fingerprint density at radius 3 is 2.16 bits per heavy atom. The van der Waals surface area contributed by atoms with E-state index in [9.17, 15) is 13.0 Å². The highest BCUT2D eigenvalue weighted by Crippen LogP contribution is 2.41. The third-order valence-electron chi connectivity index (χ3n) is 3.13. The average molecular weight is 287 g/mol. The minimum atomic E-state index is -1.26. The van der Waals surface area contributed by atoms with Crippen LogP contribution in [0.2, 0.25) is 0 Å². The fourth-order valence-electron chi connectivity index (χ4n) is 1.91. The smallest absolute Gasteiger partial charge is 0.126 e. The van der Waals surface area contributed by atoms with E-state index in [1.165, 1.54) is 12.1 Å². The lowest BCUT2D eigenvalue weighted by atomic mass is 10.0. The molecule has 1 N–H and O–H groups in total. The number of rotatable bonds is 4. The van der Waals surface area contributed by atoms with Crippen molar-refractivity contribution in [2.24, 2.45) is 5.92 Å². The van der Waals surface area contributed by atoms with E-state index >= 15 is 0 Å². The van der Waals surface area contributed by atoms with E-state index < -0.39 is 27.4 Å². The minimum Gasteiger partial charge on any atom is -0.242 e. The van der Waals surface area contributed by atoms with E-state index in [-0.39, 0.29) is 6.04 Å². The topological polar surface area (TPSA) is 29.1 Å². The first-order valence-corrected chi connectivity index (χ1v) is 7.56. The lowest BCUT2D eigenvalue weighted by molar-refractivity contribution is 0.536. The van der Waals surface area contributed by atoms with Gasteiger partial charge in [-0.3, -0.25) is 0 Å². The lowest BCUT2D eigenvalue weighted by Crippen LogP contribution is -2.36. The zero-order valence-electron chi connectivity index (χ0n) is 11.4. The lowest BCUT2D eigenvalue weighted by Gasteiger charge is -2.24. The summed E-state index contributed by atoms with van der Waals surface area (Å²) in [7, 11) is -1.26. The van der Waals surface area contributed by atoms with E-state index in [0.29, 0.717) is 11.5 Å². The van der Waals surface area contributed by atoms with Crippen molar-refractivity contribution in [3.05, 3.63) is 35.4 Å². The Labute approximate surface area is 115 Å². The van der Waals surface area contributed by atoms with Gasteiger partial charge in [0.25, 0.3) is 0 Å². The number of benzene rings is 1. The van der Waals surface area contributed by atoms with Crippen LogP contribution in [0.1, 0.15) is 45.2 Å². The molecule has 0 heterocycles. The van der Waals surface area contributed by atoms with Crippen LogP contribution in [0.5, 0.6) is 0 Å². The molecule has 1 aromatic rings. The number of hydrogen-bond acceptors (Lipinski definition) is 1. The maximum atomic E-state index is 13.3. The van der Waals surface area contributed by atoms with Crippen molar-refractivity contribution in [1.29, 1.82) is 0 Å². The summed E-state index contributed by atoms with van der Waals surface area (Å²) in [5, 5.41) is 0. The molecule has 106 valence electrons. The highest BCUT2D eigenvalue weighted by atomic mass is 32.2. The zero-order valence-corrected chi connectivity index (χ0v) is 12.2. The zero-order chi connectivity index (χ0) is 14.2. The van der Waals surface area contributed by atoms with Crippen molar-refractivity contribution in [2.45, 2.75) is 44.4 Å². The van der Waals surface area contributed by atoms with Crippen molar-refractivity contribution in [3.63, 3.8) is 0 Å². The second-order valence-electron chi connectivity index (χ2n) is 6.02. The van der Waals surface area contributed by atoms with Gasteiger partial charge in [0.1, 0.15) is 11.6 Å². The molecule has 0 amide bonds. The molecule has 19 heavy (non-hydrogen) atoms. The number of nitrogens with one attached hydrogen (secondary N) is 1. The van der Waals surface area contributed by atoms with Gasteiger partial charge in [-0.2, -0.15) is 0 Å². The molecule has 0 aromatic heterocycles. The van der Waals surface area contributed by atoms with Crippen LogP contribution in [0.25, 0.3) is 0 Å². The maximum Gasteiger partial charge on any atom is 0.126 e. The summed E-state index contributed by atoms with van der Waals surface area (Å²) < 4.78 is 41.4. The second kappa shape index (κ2) is 5.29. The number of hydrogen-bond donors (Lipinski definition) is 1. The van der Waals surface area contributed by atoms with Gasteiger partial charge in [-0.25, -0.2) is 17.7 Å². The first-order valence-electron chi connectivity index (χ1n) is 6.41. The average Bonchev–Trinajstić information content (AvgIpc) is 3.06. The molecule has 1 aliphatic carbocycles. The molecule has 5 heteroatoms. The van der Waals surface area contributed by atoms with E-state index in [4.69, 9.17) is 0 Å². The van der Waals surface area contributed by atoms with Gasteiger partial charge in [-0.15, -0.1) is 0 Å². The van der Waals surface area contributed by atoms with Crippen LogP contribution in [0.3, 0.4) is 0 Å².